The first-order chi connectivity index (χ1) is 13.3. The van der Waals surface area contributed by atoms with Crippen LogP contribution in [0, 0.1) is 11.8 Å². The summed E-state index contributed by atoms with van der Waals surface area (Å²) in [6.07, 6.45) is 11.8. The van der Waals surface area contributed by atoms with Crippen LogP contribution in [0.4, 0.5) is 0 Å². The van der Waals surface area contributed by atoms with Crippen LogP contribution in [0.25, 0.3) is 0 Å². The molecule has 0 aromatic carbocycles. The van der Waals surface area contributed by atoms with Crippen LogP contribution < -0.4 is 0 Å². The molecule has 0 radical (unpaired) electrons. The minimum atomic E-state index is -0.0110. The van der Waals surface area contributed by atoms with Crippen molar-refractivity contribution in [2.24, 2.45) is 11.8 Å². The molecular weight excluding hydrogens is 342 g/mol. The maximum absolute atomic E-state index is 12.6. The molecule has 27 heavy (non-hydrogen) atoms. The van der Waals surface area contributed by atoms with E-state index < -0.39 is 0 Å². The Kier molecular flexibility index (Phi) is 6.51. The average molecular weight is 378 g/mol. The predicted molar refractivity (Wildman–Crippen MR) is 104 cm³/mol. The van der Waals surface area contributed by atoms with Crippen molar-refractivity contribution in [1.82, 2.24) is 4.90 Å². The highest BCUT2D eigenvalue weighted by molar-refractivity contribution is 5.93. The molecule has 3 fully saturated rings. The molecule has 0 N–H and O–H groups in total. The van der Waals surface area contributed by atoms with Gasteiger partial charge in [0.25, 0.3) is 0 Å². The third-order valence-corrected chi connectivity index (χ3v) is 7.12. The van der Waals surface area contributed by atoms with Gasteiger partial charge in [-0.05, 0) is 69.6 Å². The Labute approximate surface area is 163 Å². The molecule has 3 aliphatic heterocycles. The number of hydrogen-bond donors (Lipinski definition) is 0. The molecule has 3 saturated heterocycles. The lowest BCUT2D eigenvalue weighted by Crippen LogP contribution is -2.49. The van der Waals surface area contributed by atoms with Crippen molar-refractivity contribution in [3.05, 3.63) is 11.6 Å². The van der Waals surface area contributed by atoms with Gasteiger partial charge in [-0.25, -0.2) is 0 Å². The molecule has 152 valence electrons. The van der Waals surface area contributed by atoms with Crippen LogP contribution in [0.1, 0.15) is 57.8 Å². The average Bonchev–Trinajstić information content (AvgIpc) is 3.37. The first kappa shape index (κ1) is 19.4. The monoisotopic (exact) mass is 377 g/mol. The Morgan fingerprint density at radius 3 is 2.74 bits per heavy atom. The van der Waals surface area contributed by atoms with Crippen molar-refractivity contribution in [2.75, 3.05) is 46.1 Å². The van der Waals surface area contributed by atoms with E-state index in [9.17, 15) is 4.79 Å². The lowest BCUT2D eigenvalue weighted by molar-refractivity contribution is -0.134. The standard InChI is InChI=1S/C22H35NO4/c24-21(19-3-1-2-4-19)23-11-9-22(10-12-23)20(8-16-27-22)7-15-26-17-18-5-13-25-14-6-18/h3,18,20H,1-2,4-17H2/t20-/m1/s1. The number of likely N-dealkylation sites (tertiary alicyclic amines) is 1. The molecule has 5 heteroatoms. The molecule has 0 aromatic rings. The molecule has 4 aliphatic rings. The van der Waals surface area contributed by atoms with E-state index in [4.69, 9.17) is 14.2 Å². The van der Waals surface area contributed by atoms with Gasteiger partial charge in [0, 0.05) is 51.7 Å². The number of hydrogen-bond acceptors (Lipinski definition) is 4. The van der Waals surface area contributed by atoms with Gasteiger partial charge in [0.05, 0.1) is 5.60 Å². The molecule has 4 rings (SSSR count). The summed E-state index contributed by atoms with van der Waals surface area (Å²) in [5.74, 6) is 1.53. The van der Waals surface area contributed by atoms with Gasteiger partial charge in [-0.2, -0.15) is 0 Å². The summed E-state index contributed by atoms with van der Waals surface area (Å²) >= 11 is 0. The van der Waals surface area contributed by atoms with Gasteiger partial charge in [-0.15, -0.1) is 0 Å². The second-order valence-corrected chi connectivity index (χ2v) is 8.73. The number of ether oxygens (including phenoxy) is 3. The van der Waals surface area contributed by atoms with Gasteiger partial charge in [0.2, 0.25) is 5.91 Å². The Hall–Kier alpha value is -0.910. The molecule has 1 amide bonds. The molecule has 3 heterocycles. The quantitative estimate of drug-likeness (QED) is 0.666. The van der Waals surface area contributed by atoms with E-state index in [1.807, 2.05) is 0 Å². The molecule has 1 atom stereocenters. The van der Waals surface area contributed by atoms with E-state index in [0.29, 0.717) is 11.8 Å². The smallest absolute Gasteiger partial charge is 0.249 e. The van der Waals surface area contributed by atoms with E-state index in [1.165, 1.54) is 0 Å². The summed E-state index contributed by atoms with van der Waals surface area (Å²) in [5, 5.41) is 0. The summed E-state index contributed by atoms with van der Waals surface area (Å²) in [7, 11) is 0. The van der Waals surface area contributed by atoms with Crippen LogP contribution in [-0.4, -0.2) is 62.5 Å². The number of amides is 1. The number of piperidine rings is 1. The zero-order chi connectivity index (χ0) is 18.5. The van der Waals surface area contributed by atoms with Crippen molar-refractivity contribution in [3.63, 3.8) is 0 Å². The second-order valence-electron chi connectivity index (χ2n) is 8.73. The highest BCUT2D eigenvalue weighted by atomic mass is 16.5. The van der Waals surface area contributed by atoms with Crippen LogP contribution in [-0.2, 0) is 19.0 Å². The van der Waals surface area contributed by atoms with Crippen molar-refractivity contribution in [3.8, 4) is 0 Å². The summed E-state index contributed by atoms with van der Waals surface area (Å²) < 4.78 is 17.7. The highest BCUT2D eigenvalue weighted by Gasteiger charge is 2.46. The Bertz CT molecular complexity index is 532. The van der Waals surface area contributed by atoms with Crippen molar-refractivity contribution < 1.29 is 19.0 Å². The van der Waals surface area contributed by atoms with Gasteiger partial charge in [-0.3, -0.25) is 4.79 Å². The third-order valence-electron chi connectivity index (χ3n) is 7.12. The normalized spacial score (nSPS) is 28.7. The van der Waals surface area contributed by atoms with E-state index in [2.05, 4.69) is 11.0 Å². The molecule has 5 nitrogen and oxygen atoms in total. The summed E-state index contributed by atoms with van der Waals surface area (Å²) in [5.41, 5.74) is 1.03. The van der Waals surface area contributed by atoms with E-state index >= 15 is 0 Å². The van der Waals surface area contributed by atoms with E-state index in [1.54, 1.807) is 0 Å². The van der Waals surface area contributed by atoms with Crippen molar-refractivity contribution in [1.29, 1.82) is 0 Å². The van der Waals surface area contributed by atoms with Crippen LogP contribution in [0.15, 0.2) is 11.6 Å². The zero-order valence-corrected chi connectivity index (χ0v) is 16.6. The maximum Gasteiger partial charge on any atom is 0.249 e. The van der Waals surface area contributed by atoms with Gasteiger partial charge in [0.1, 0.15) is 0 Å². The molecule has 0 bridgehead atoms. The lowest BCUT2D eigenvalue weighted by atomic mass is 9.78. The first-order valence-corrected chi connectivity index (χ1v) is 11.0. The van der Waals surface area contributed by atoms with Gasteiger partial charge in [-0.1, -0.05) is 6.08 Å². The number of carbonyl (C=O) groups excluding carboxylic acids is 1. The Morgan fingerprint density at radius 2 is 2.00 bits per heavy atom. The number of nitrogens with zero attached hydrogens (tertiary/aromatic N) is 1. The van der Waals surface area contributed by atoms with Crippen LogP contribution >= 0.6 is 0 Å². The zero-order valence-electron chi connectivity index (χ0n) is 16.6. The number of rotatable bonds is 6. The fourth-order valence-corrected chi connectivity index (χ4v) is 5.29. The van der Waals surface area contributed by atoms with Gasteiger partial charge >= 0.3 is 0 Å². The van der Waals surface area contributed by atoms with Crippen LogP contribution in [0.5, 0.6) is 0 Å². The Balaban J connectivity index is 1.21. The maximum atomic E-state index is 12.6. The van der Waals surface area contributed by atoms with Gasteiger partial charge < -0.3 is 19.1 Å². The van der Waals surface area contributed by atoms with E-state index in [-0.39, 0.29) is 11.5 Å². The fraction of sp³-hybridized carbons (Fsp3) is 0.864. The predicted octanol–water partition coefficient (Wildman–Crippen LogP) is 3.33. The highest BCUT2D eigenvalue weighted by Crippen LogP contribution is 2.42. The molecule has 0 saturated carbocycles. The molecule has 1 aliphatic carbocycles. The number of allylic oxidation sites excluding steroid dienone is 1. The summed E-state index contributed by atoms with van der Waals surface area (Å²) in [6.45, 7) is 6.04. The molecular formula is C22H35NO4. The third kappa shape index (κ3) is 4.57. The number of carbonyl (C=O) groups is 1. The second kappa shape index (κ2) is 9.06. The fourth-order valence-electron chi connectivity index (χ4n) is 5.29. The lowest BCUT2D eigenvalue weighted by Gasteiger charge is -2.42. The Morgan fingerprint density at radius 1 is 1.19 bits per heavy atom. The van der Waals surface area contributed by atoms with Crippen molar-refractivity contribution >= 4 is 5.91 Å². The largest absolute Gasteiger partial charge is 0.381 e. The van der Waals surface area contributed by atoms with Crippen molar-refractivity contribution in [2.45, 2.75) is 63.4 Å². The minimum absolute atomic E-state index is 0.0110. The SMILES string of the molecule is O=C(C1=CCCC1)N1CCC2(CC1)OCC[C@H]2CCOCC1CCOCC1. The van der Waals surface area contributed by atoms with Crippen LogP contribution in [0.3, 0.4) is 0 Å². The summed E-state index contributed by atoms with van der Waals surface area (Å²) in [4.78, 5) is 14.7. The van der Waals surface area contributed by atoms with E-state index in [0.717, 1.165) is 109 Å². The molecule has 0 aromatic heterocycles. The summed E-state index contributed by atoms with van der Waals surface area (Å²) in [6, 6.07) is 0. The van der Waals surface area contributed by atoms with Gasteiger partial charge in [0.15, 0.2) is 0 Å². The minimum Gasteiger partial charge on any atom is -0.381 e. The first-order valence-electron chi connectivity index (χ1n) is 11.0. The topological polar surface area (TPSA) is 48.0 Å². The molecule has 1 spiro atoms. The van der Waals surface area contributed by atoms with Crippen LogP contribution in [0.2, 0.25) is 0 Å². The molecule has 0 unspecified atom stereocenters.